The average Bonchev–Trinajstić information content (AvgIpc) is 2.72. The number of urea groups is 1. The molecule has 1 fully saturated rings. The van der Waals surface area contributed by atoms with E-state index in [0.29, 0.717) is 19.7 Å². The molecule has 1 aromatic carbocycles. The van der Waals surface area contributed by atoms with Gasteiger partial charge >= 0.3 is 6.03 Å². The molecular weight excluding hydrogens is 352 g/mol. The number of nitrogens with one attached hydrogen (secondary N) is 1. The normalized spacial score (nSPS) is 17.0. The number of rotatable bonds is 7. The van der Waals surface area contributed by atoms with Gasteiger partial charge in [0.15, 0.2) is 0 Å². The van der Waals surface area contributed by atoms with E-state index in [2.05, 4.69) is 27.3 Å². The van der Waals surface area contributed by atoms with E-state index >= 15 is 0 Å². The van der Waals surface area contributed by atoms with E-state index in [-0.39, 0.29) is 12.1 Å². The summed E-state index contributed by atoms with van der Waals surface area (Å²) >= 11 is 0. The van der Waals surface area contributed by atoms with E-state index in [1.807, 2.05) is 49.3 Å². The van der Waals surface area contributed by atoms with Gasteiger partial charge in [0.25, 0.3) is 0 Å². The molecule has 3 rings (SSSR count). The number of piperidine rings is 1. The van der Waals surface area contributed by atoms with Crippen molar-refractivity contribution in [2.75, 3.05) is 27.2 Å². The molecule has 150 valence electrons. The molecule has 6 heteroatoms. The molecule has 2 amide bonds. The minimum atomic E-state index is -0.0224. The van der Waals surface area contributed by atoms with Crippen molar-refractivity contribution < 1.29 is 9.53 Å². The number of benzene rings is 1. The van der Waals surface area contributed by atoms with E-state index in [1.54, 1.807) is 6.20 Å². The maximum absolute atomic E-state index is 12.7. The number of ether oxygens (including phenoxy) is 1. The number of carbonyl (C=O) groups is 1. The second-order valence-corrected chi connectivity index (χ2v) is 7.51. The summed E-state index contributed by atoms with van der Waals surface area (Å²) in [5.74, 6) is 0. The number of nitrogens with zero attached hydrogens (tertiary/aromatic N) is 3. The van der Waals surface area contributed by atoms with Crippen molar-refractivity contribution in [1.82, 2.24) is 20.1 Å². The lowest BCUT2D eigenvalue weighted by Gasteiger charge is -2.32. The van der Waals surface area contributed by atoms with Crippen LogP contribution in [0.15, 0.2) is 48.7 Å². The van der Waals surface area contributed by atoms with Crippen molar-refractivity contribution in [3.63, 3.8) is 0 Å². The number of carbonyl (C=O) groups excluding carboxylic acids is 1. The highest BCUT2D eigenvalue weighted by Gasteiger charge is 2.24. The summed E-state index contributed by atoms with van der Waals surface area (Å²) in [4.78, 5) is 20.9. The average molecular weight is 383 g/mol. The highest BCUT2D eigenvalue weighted by molar-refractivity contribution is 5.74. The first kappa shape index (κ1) is 20.3. The summed E-state index contributed by atoms with van der Waals surface area (Å²) in [6.07, 6.45) is 3.76. The fraction of sp³-hybridized carbons (Fsp3) is 0.455. The Hall–Kier alpha value is -2.44. The summed E-state index contributed by atoms with van der Waals surface area (Å²) in [5.41, 5.74) is 3.31. The van der Waals surface area contributed by atoms with Crippen molar-refractivity contribution in [3.05, 3.63) is 65.5 Å². The predicted molar refractivity (Wildman–Crippen MR) is 110 cm³/mol. The monoisotopic (exact) mass is 382 g/mol. The van der Waals surface area contributed by atoms with Crippen LogP contribution in [0.4, 0.5) is 4.79 Å². The first-order valence-corrected chi connectivity index (χ1v) is 9.87. The minimum Gasteiger partial charge on any atom is -0.370 e. The van der Waals surface area contributed by atoms with E-state index in [9.17, 15) is 4.79 Å². The Labute approximate surface area is 167 Å². The Morgan fingerprint density at radius 2 is 2.00 bits per heavy atom. The van der Waals surface area contributed by atoms with E-state index in [1.165, 1.54) is 5.56 Å². The molecule has 0 aliphatic carbocycles. The molecule has 1 atom stereocenters. The Morgan fingerprint density at radius 3 is 2.75 bits per heavy atom. The predicted octanol–water partition coefficient (Wildman–Crippen LogP) is 3.03. The lowest BCUT2D eigenvalue weighted by Crippen LogP contribution is -2.47. The van der Waals surface area contributed by atoms with Gasteiger partial charge in [-0.25, -0.2) is 4.79 Å². The molecule has 1 aliphatic heterocycles. The lowest BCUT2D eigenvalue weighted by molar-refractivity contribution is -0.00168. The second kappa shape index (κ2) is 10.2. The van der Waals surface area contributed by atoms with Crippen LogP contribution in [0, 0.1) is 0 Å². The molecule has 28 heavy (non-hydrogen) atoms. The molecule has 0 spiro atoms. The van der Waals surface area contributed by atoms with Crippen LogP contribution in [0.25, 0.3) is 0 Å². The number of amides is 2. The molecule has 1 aliphatic rings. The van der Waals surface area contributed by atoms with Gasteiger partial charge in [-0.2, -0.15) is 0 Å². The maximum atomic E-state index is 12.7. The molecule has 0 radical (unpaired) electrons. The van der Waals surface area contributed by atoms with E-state index in [4.69, 9.17) is 4.74 Å². The number of hydrogen-bond donors (Lipinski definition) is 1. The molecule has 0 saturated carbocycles. The van der Waals surface area contributed by atoms with Crippen LogP contribution in [0.3, 0.4) is 0 Å². The Kier molecular flexibility index (Phi) is 7.39. The zero-order chi connectivity index (χ0) is 19.8. The van der Waals surface area contributed by atoms with Crippen molar-refractivity contribution in [2.45, 2.75) is 38.6 Å². The fourth-order valence-corrected chi connectivity index (χ4v) is 3.45. The number of hydrogen-bond acceptors (Lipinski definition) is 4. The highest BCUT2D eigenvalue weighted by atomic mass is 16.5. The maximum Gasteiger partial charge on any atom is 0.317 e. The SMILES string of the molecule is CN(C)Cc1ccccc1CNC(=O)N1CCC[C@H](OCc2ccccn2)C1. The zero-order valence-electron chi connectivity index (χ0n) is 16.8. The van der Waals surface area contributed by atoms with Gasteiger partial charge in [0.2, 0.25) is 0 Å². The molecular formula is C22H30N4O2. The van der Waals surface area contributed by atoms with Gasteiger partial charge in [-0.15, -0.1) is 0 Å². The summed E-state index contributed by atoms with van der Waals surface area (Å²) in [6, 6.07) is 14.0. The third-order valence-electron chi connectivity index (χ3n) is 4.89. The minimum absolute atomic E-state index is 0.0224. The molecule has 1 aromatic heterocycles. The molecule has 1 saturated heterocycles. The quantitative estimate of drug-likeness (QED) is 0.800. The smallest absolute Gasteiger partial charge is 0.317 e. The summed E-state index contributed by atoms with van der Waals surface area (Å²) in [7, 11) is 4.10. The van der Waals surface area contributed by atoms with Gasteiger partial charge in [0, 0.05) is 32.4 Å². The zero-order valence-corrected chi connectivity index (χ0v) is 16.8. The van der Waals surface area contributed by atoms with Crippen LogP contribution < -0.4 is 5.32 Å². The van der Waals surface area contributed by atoms with Crippen LogP contribution in [0.5, 0.6) is 0 Å². The molecule has 0 bridgehead atoms. The van der Waals surface area contributed by atoms with E-state index < -0.39 is 0 Å². The number of aromatic nitrogens is 1. The van der Waals surface area contributed by atoms with Crippen LogP contribution in [-0.2, 0) is 24.4 Å². The molecule has 6 nitrogen and oxygen atoms in total. The van der Waals surface area contributed by atoms with Gasteiger partial charge in [0.05, 0.1) is 18.4 Å². The van der Waals surface area contributed by atoms with Crippen LogP contribution in [0.1, 0.15) is 29.7 Å². The second-order valence-electron chi connectivity index (χ2n) is 7.51. The van der Waals surface area contributed by atoms with Gasteiger partial charge < -0.3 is 19.9 Å². The molecule has 2 aromatic rings. The Morgan fingerprint density at radius 1 is 1.21 bits per heavy atom. The standard InChI is InChI=1S/C22H30N4O2/c1-25(2)15-19-9-4-3-8-18(19)14-24-22(27)26-13-7-11-21(16-26)28-17-20-10-5-6-12-23-20/h3-6,8-10,12,21H,7,11,13-17H2,1-2H3,(H,24,27)/t21-/m0/s1. The van der Waals surface area contributed by atoms with Gasteiger partial charge in [-0.05, 0) is 50.2 Å². The Balaban J connectivity index is 1.49. The van der Waals surface area contributed by atoms with Crippen molar-refractivity contribution >= 4 is 6.03 Å². The van der Waals surface area contributed by atoms with Crippen molar-refractivity contribution in [2.24, 2.45) is 0 Å². The van der Waals surface area contributed by atoms with Crippen LogP contribution in [0.2, 0.25) is 0 Å². The number of likely N-dealkylation sites (tertiary alicyclic amines) is 1. The third kappa shape index (κ3) is 6.04. The van der Waals surface area contributed by atoms with Gasteiger partial charge in [-0.3, -0.25) is 4.98 Å². The lowest BCUT2D eigenvalue weighted by atomic mass is 10.1. The summed E-state index contributed by atoms with van der Waals surface area (Å²) in [6.45, 7) is 3.28. The topological polar surface area (TPSA) is 57.7 Å². The van der Waals surface area contributed by atoms with Gasteiger partial charge in [-0.1, -0.05) is 30.3 Å². The van der Waals surface area contributed by atoms with Gasteiger partial charge in [0.1, 0.15) is 0 Å². The largest absolute Gasteiger partial charge is 0.370 e. The fourth-order valence-electron chi connectivity index (χ4n) is 3.45. The van der Waals surface area contributed by atoms with Crippen molar-refractivity contribution in [3.8, 4) is 0 Å². The van der Waals surface area contributed by atoms with Crippen LogP contribution >= 0.6 is 0 Å². The first-order chi connectivity index (χ1) is 13.6. The molecule has 2 heterocycles. The summed E-state index contributed by atoms with van der Waals surface area (Å²) in [5, 5.41) is 3.08. The highest BCUT2D eigenvalue weighted by Crippen LogP contribution is 2.16. The Bertz CT molecular complexity index is 751. The first-order valence-electron chi connectivity index (χ1n) is 9.87. The third-order valence-corrected chi connectivity index (χ3v) is 4.89. The van der Waals surface area contributed by atoms with Crippen LogP contribution in [-0.4, -0.2) is 54.1 Å². The van der Waals surface area contributed by atoms with Crippen molar-refractivity contribution in [1.29, 1.82) is 0 Å². The number of pyridine rings is 1. The summed E-state index contributed by atoms with van der Waals surface area (Å²) < 4.78 is 5.99. The van der Waals surface area contributed by atoms with E-state index in [0.717, 1.165) is 37.2 Å². The molecule has 0 unspecified atom stereocenters. The molecule has 1 N–H and O–H groups in total.